The Morgan fingerprint density at radius 3 is 1.68 bits per heavy atom. The molecule has 5 aromatic rings. The number of nitrogens with zero attached hydrogens (tertiary/aromatic N) is 2. The van der Waals surface area contributed by atoms with Crippen molar-refractivity contribution in [2.45, 2.75) is 45.4 Å². The first-order chi connectivity index (χ1) is 17.8. The molecule has 37 heavy (non-hydrogen) atoms. The van der Waals surface area contributed by atoms with Crippen molar-refractivity contribution in [2.75, 3.05) is 0 Å². The molecule has 0 fully saturated rings. The molecule has 2 nitrogen and oxygen atoms in total. The fourth-order valence-corrected chi connectivity index (χ4v) is 6.61. The minimum absolute atomic E-state index is 0.0266. The van der Waals surface area contributed by atoms with Gasteiger partial charge in [0.2, 0.25) is 0 Å². The third-order valence-corrected chi connectivity index (χ3v) is 8.74. The summed E-state index contributed by atoms with van der Waals surface area (Å²) in [6.07, 6.45) is 3.87. The highest BCUT2D eigenvalue weighted by Crippen LogP contribution is 2.51. The van der Waals surface area contributed by atoms with Crippen molar-refractivity contribution in [3.8, 4) is 44.8 Å². The lowest BCUT2D eigenvalue weighted by Gasteiger charge is -2.22. The second kappa shape index (κ2) is 7.49. The van der Waals surface area contributed by atoms with Gasteiger partial charge in [0.05, 0.1) is 23.8 Å². The van der Waals surface area contributed by atoms with Crippen LogP contribution in [-0.4, -0.2) is 9.97 Å². The molecule has 0 saturated heterocycles. The van der Waals surface area contributed by atoms with Crippen LogP contribution in [0.25, 0.3) is 44.8 Å². The van der Waals surface area contributed by atoms with Crippen LogP contribution in [0.2, 0.25) is 0 Å². The average molecular weight is 479 g/mol. The Morgan fingerprint density at radius 1 is 0.486 bits per heavy atom. The minimum atomic E-state index is -0.0312. The lowest BCUT2D eigenvalue weighted by molar-refractivity contribution is 0.660. The van der Waals surface area contributed by atoms with Crippen molar-refractivity contribution in [3.63, 3.8) is 0 Å². The fraction of sp³-hybridized carbons (Fsp3) is 0.200. The highest BCUT2D eigenvalue weighted by molar-refractivity contribution is 5.85. The Morgan fingerprint density at radius 2 is 1.03 bits per heavy atom. The largest absolute Gasteiger partial charge is 0.252 e. The van der Waals surface area contributed by atoms with Crippen LogP contribution in [0, 0.1) is 6.92 Å². The standard InChI is InChI=1S/C35H30N2/c1-21-16-27-24-11-7-9-13-29(24)35(4,5)31(27)18-26(21)33-20-36-32(19-37-33)22-14-15-25-23-10-6-8-12-28(23)34(2,3)30(25)17-22/h6-20H,1-5H3. The highest BCUT2D eigenvalue weighted by Gasteiger charge is 2.36. The quantitative estimate of drug-likeness (QED) is 0.253. The average Bonchev–Trinajstić information content (AvgIpc) is 3.28. The summed E-state index contributed by atoms with van der Waals surface area (Å²) >= 11 is 0. The zero-order valence-corrected chi connectivity index (χ0v) is 22.1. The van der Waals surface area contributed by atoms with E-state index in [1.54, 1.807) is 0 Å². The summed E-state index contributed by atoms with van der Waals surface area (Å²) in [6, 6.07) is 28.9. The summed E-state index contributed by atoms with van der Waals surface area (Å²) in [5.74, 6) is 0. The molecule has 0 radical (unpaired) electrons. The van der Waals surface area contributed by atoms with E-state index in [2.05, 4.69) is 113 Å². The van der Waals surface area contributed by atoms with E-state index in [-0.39, 0.29) is 10.8 Å². The predicted octanol–water partition coefficient (Wildman–Crippen LogP) is 8.73. The van der Waals surface area contributed by atoms with Gasteiger partial charge in [0.15, 0.2) is 0 Å². The fourth-order valence-electron chi connectivity index (χ4n) is 6.61. The SMILES string of the molecule is Cc1cc2c(cc1-c1cnc(-c3ccc4c(c3)C(C)(C)c3ccccc3-4)cn1)C(C)(C)c1ccccc1-2. The second-order valence-corrected chi connectivity index (χ2v) is 11.6. The molecule has 7 rings (SSSR count). The van der Waals surface area contributed by atoms with Crippen molar-refractivity contribution in [1.29, 1.82) is 0 Å². The Balaban J connectivity index is 1.27. The summed E-state index contributed by atoms with van der Waals surface area (Å²) < 4.78 is 0. The van der Waals surface area contributed by atoms with Crippen LogP contribution in [-0.2, 0) is 10.8 Å². The molecular formula is C35H30N2. The Bertz CT molecular complexity index is 1720. The Labute approximate surface area is 219 Å². The van der Waals surface area contributed by atoms with Gasteiger partial charge in [0.1, 0.15) is 0 Å². The van der Waals surface area contributed by atoms with E-state index < -0.39 is 0 Å². The van der Waals surface area contributed by atoms with Gasteiger partial charge in [0, 0.05) is 22.0 Å². The van der Waals surface area contributed by atoms with Gasteiger partial charge in [-0.15, -0.1) is 0 Å². The van der Waals surface area contributed by atoms with E-state index in [4.69, 9.17) is 9.97 Å². The van der Waals surface area contributed by atoms with Gasteiger partial charge < -0.3 is 0 Å². The van der Waals surface area contributed by atoms with Crippen LogP contribution in [0.1, 0.15) is 55.5 Å². The van der Waals surface area contributed by atoms with Crippen LogP contribution in [0.4, 0.5) is 0 Å². The van der Waals surface area contributed by atoms with E-state index in [0.717, 1.165) is 22.5 Å². The second-order valence-electron chi connectivity index (χ2n) is 11.6. The molecule has 0 spiro atoms. The molecule has 2 heteroatoms. The van der Waals surface area contributed by atoms with Crippen molar-refractivity contribution >= 4 is 0 Å². The molecule has 1 aromatic heterocycles. The molecule has 0 saturated carbocycles. The lowest BCUT2D eigenvalue weighted by Crippen LogP contribution is -2.15. The summed E-state index contributed by atoms with van der Waals surface area (Å²) in [5.41, 5.74) is 16.1. The maximum Gasteiger partial charge on any atom is 0.0888 e. The summed E-state index contributed by atoms with van der Waals surface area (Å²) in [7, 11) is 0. The molecule has 180 valence electrons. The maximum absolute atomic E-state index is 4.92. The molecule has 2 aliphatic carbocycles. The molecule has 0 aliphatic heterocycles. The molecule has 0 atom stereocenters. The molecule has 4 aromatic carbocycles. The van der Waals surface area contributed by atoms with Crippen molar-refractivity contribution in [3.05, 3.63) is 119 Å². The number of hydrogen-bond donors (Lipinski definition) is 0. The Hall–Kier alpha value is -4.04. The molecular weight excluding hydrogens is 448 g/mol. The van der Waals surface area contributed by atoms with E-state index in [1.807, 2.05) is 12.4 Å². The van der Waals surface area contributed by atoms with Crippen molar-refractivity contribution in [1.82, 2.24) is 9.97 Å². The first-order valence-electron chi connectivity index (χ1n) is 13.1. The van der Waals surface area contributed by atoms with Gasteiger partial charge in [-0.3, -0.25) is 9.97 Å². The van der Waals surface area contributed by atoms with Gasteiger partial charge in [-0.2, -0.15) is 0 Å². The van der Waals surface area contributed by atoms with E-state index >= 15 is 0 Å². The molecule has 0 unspecified atom stereocenters. The zero-order valence-electron chi connectivity index (χ0n) is 22.1. The normalized spacial score (nSPS) is 15.6. The minimum Gasteiger partial charge on any atom is -0.252 e. The topological polar surface area (TPSA) is 25.8 Å². The zero-order chi connectivity index (χ0) is 25.5. The van der Waals surface area contributed by atoms with Crippen LogP contribution < -0.4 is 0 Å². The molecule has 0 amide bonds. The first-order valence-corrected chi connectivity index (χ1v) is 13.1. The Kier molecular flexibility index (Phi) is 4.49. The number of aryl methyl sites for hydroxylation is 1. The highest BCUT2D eigenvalue weighted by atomic mass is 14.8. The monoisotopic (exact) mass is 478 g/mol. The predicted molar refractivity (Wildman–Crippen MR) is 153 cm³/mol. The first kappa shape index (κ1) is 22.2. The van der Waals surface area contributed by atoms with Crippen LogP contribution >= 0.6 is 0 Å². The molecule has 0 bridgehead atoms. The number of fused-ring (bicyclic) bond motifs is 6. The smallest absolute Gasteiger partial charge is 0.0888 e. The maximum atomic E-state index is 4.92. The van der Waals surface area contributed by atoms with Gasteiger partial charge in [0.25, 0.3) is 0 Å². The number of aromatic nitrogens is 2. The molecule has 2 aliphatic rings. The van der Waals surface area contributed by atoms with Crippen LogP contribution in [0.3, 0.4) is 0 Å². The van der Waals surface area contributed by atoms with Crippen molar-refractivity contribution in [2.24, 2.45) is 0 Å². The van der Waals surface area contributed by atoms with Crippen LogP contribution in [0.15, 0.2) is 91.3 Å². The summed E-state index contributed by atoms with van der Waals surface area (Å²) in [6.45, 7) is 11.4. The van der Waals surface area contributed by atoms with E-state index in [1.165, 1.54) is 50.1 Å². The third-order valence-electron chi connectivity index (χ3n) is 8.74. The van der Waals surface area contributed by atoms with Gasteiger partial charge >= 0.3 is 0 Å². The van der Waals surface area contributed by atoms with Gasteiger partial charge in [-0.25, -0.2) is 0 Å². The number of benzene rings is 4. The van der Waals surface area contributed by atoms with Crippen LogP contribution in [0.5, 0.6) is 0 Å². The van der Waals surface area contributed by atoms with Gasteiger partial charge in [-0.05, 0) is 69.1 Å². The summed E-state index contributed by atoms with van der Waals surface area (Å²) in [4.78, 5) is 9.81. The van der Waals surface area contributed by atoms with Crippen molar-refractivity contribution < 1.29 is 0 Å². The number of rotatable bonds is 2. The lowest BCUT2D eigenvalue weighted by atomic mass is 9.81. The van der Waals surface area contributed by atoms with Gasteiger partial charge in [-0.1, -0.05) is 94.4 Å². The van der Waals surface area contributed by atoms with E-state index in [9.17, 15) is 0 Å². The number of hydrogen-bond acceptors (Lipinski definition) is 2. The molecule has 0 N–H and O–H groups in total. The molecule has 1 heterocycles. The summed E-state index contributed by atoms with van der Waals surface area (Å²) in [5, 5.41) is 0. The van der Waals surface area contributed by atoms with E-state index in [0.29, 0.717) is 0 Å². The third kappa shape index (κ3) is 3.05.